The van der Waals surface area contributed by atoms with Gasteiger partial charge < -0.3 is 19.5 Å². The van der Waals surface area contributed by atoms with E-state index in [1.807, 2.05) is 23.9 Å². The smallest absolute Gasteiger partial charge is 0.256 e. The molecule has 1 aromatic carbocycles. The highest BCUT2D eigenvalue weighted by Crippen LogP contribution is 2.35. The predicted molar refractivity (Wildman–Crippen MR) is 179 cm³/mol. The first-order valence-electron chi connectivity index (χ1n) is 16.6. The zero-order valence-corrected chi connectivity index (χ0v) is 28.5. The number of nitriles is 1. The minimum Gasteiger partial charge on any atom is -0.487 e. The molecule has 0 radical (unpaired) electrons. The minimum atomic E-state index is -3.20. The Morgan fingerprint density at radius 3 is 2.55 bits per heavy atom. The fourth-order valence-electron chi connectivity index (χ4n) is 6.13. The molecule has 4 aromatic rings. The summed E-state index contributed by atoms with van der Waals surface area (Å²) in [4.78, 5) is 11.6. The molecule has 1 aliphatic heterocycles. The van der Waals surface area contributed by atoms with Crippen molar-refractivity contribution in [3.8, 4) is 28.8 Å². The van der Waals surface area contributed by atoms with Crippen LogP contribution in [-0.2, 0) is 21.1 Å². The van der Waals surface area contributed by atoms with Crippen LogP contribution in [-0.4, -0.2) is 110 Å². The number of hydrogen-bond donors (Lipinski definition) is 1. The summed E-state index contributed by atoms with van der Waals surface area (Å²) in [7, 11) is -3.20. The van der Waals surface area contributed by atoms with Crippen molar-refractivity contribution in [3.05, 3.63) is 48.7 Å². The molecule has 0 amide bonds. The summed E-state index contributed by atoms with van der Waals surface area (Å²) < 4.78 is 45.2. The van der Waals surface area contributed by atoms with E-state index in [1.54, 1.807) is 36.1 Å². The van der Waals surface area contributed by atoms with Gasteiger partial charge in [0.1, 0.15) is 36.5 Å². The van der Waals surface area contributed by atoms with Crippen LogP contribution in [0.5, 0.6) is 11.6 Å². The number of anilines is 2. The standard InChI is InChI=1S/C32H41N11O5S/c1-3-49(44,45)15-14-47-31-29(21-43(38-31)28-8-6-27(7-9-28)41-10-12-46-13-11-41)37-32-34-18-26(19-35-32)24-4-5-25(17-33)30(16-24)48-23(2)20-42-22-36-39-40-42/h4-5,16,18-19,21-23,27-28H,3,6-15,20H2,1-2H3,(H,34,35,37)/t23-,27?,28?/m0/s1. The Kier molecular flexibility index (Phi) is 11.0. The molecule has 2 fully saturated rings. The van der Waals surface area contributed by atoms with Crippen LogP contribution in [0.25, 0.3) is 11.1 Å². The summed E-state index contributed by atoms with van der Waals surface area (Å²) in [5.74, 6) is 1.01. The molecule has 17 heteroatoms. The van der Waals surface area contributed by atoms with E-state index in [1.165, 1.54) is 6.33 Å². The van der Waals surface area contributed by atoms with Crippen molar-refractivity contribution in [3.63, 3.8) is 0 Å². The molecule has 49 heavy (non-hydrogen) atoms. The van der Waals surface area contributed by atoms with Gasteiger partial charge in [-0.05, 0) is 60.7 Å². The first kappa shape index (κ1) is 34.2. The number of benzene rings is 1. The third-order valence-electron chi connectivity index (χ3n) is 8.87. The first-order valence-corrected chi connectivity index (χ1v) is 18.4. The van der Waals surface area contributed by atoms with Crippen molar-refractivity contribution in [1.29, 1.82) is 5.26 Å². The monoisotopic (exact) mass is 691 g/mol. The molecule has 0 bridgehead atoms. The van der Waals surface area contributed by atoms with Crippen molar-refractivity contribution in [2.75, 3.05) is 49.7 Å². The topological polar surface area (TPSA) is 188 Å². The van der Waals surface area contributed by atoms with E-state index < -0.39 is 9.84 Å². The molecule has 1 N–H and O–H groups in total. The van der Waals surface area contributed by atoms with E-state index in [9.17, 15) is 13.7 Å². The Balaban J connectivity index is 1.15. The van der Waals surface area contributed by atoms with Crippen LogP contribution in [0.2, 0.25) is 0 Å². The third-order valence-corrected chi connectivity index (χ3v) is 10.5. The van der Waals surface area contributed by atoms with Gasteiger partial charge in [0, 0.05) is 42.8 Å². The average molecular weight is 692 g/mol. The van der Waals surface area contributed by atoms with E-state index in [4.69, 9.17) is 19.3 Å². The lowest BCUT2D eigenvalue weighted by atomic mass is 9.90. The molecule has 1 saturated carbocycles. The van der Waals surface area contributed by atoms with Gasteiger partial charge >= 0.3 is 0 Å². The van der Waals surface area contributed by atoms with Crippen LogP contribution in [0.4, 0.5) is 11.6 Å². The quantitative estimate of drug-likeness (QED) is 0.203. The molecule has 6 rings (SSSR count). The summed E-state index contributed by atoms with van der Waals surface area (Å²) in [6.45, 7) is 7.43. The second-order valence-electron chi connectivity index (χ2n) is 12.2. The van der Waals surface area contributed by atoms with E-state index in [0.717, 1.165) is 63.1 Å². The summed E-state index contributed by atoms with van der Waals surface area (Å²) >= 11 is 0. The van der Waals surface area contributed by atoms with Crippen molar-refractivity contribution in [1.82, 2.24) is 44.9 Å². The molecule has 0 unspecified atom stereocenters. The van der Waals surface area contributed by atoms with Crippen molar-refractivity contribution in [2.24, 2.45) is 0 Å². The molecule has 2 aliphatic rings. The fraction of sp³-hybridized carbons (Fsp3) is 0.531. The highest BCUT2D eigenvalue weighted by Gasteiger charge is 2.29. The van der Waals surface area contributed by atoms with Crippen LogP contribution < -0.4 is 14.8 Å². The Labute approximate surface area is 285 Å². The number of nitrogens with one attached hydrogen (secondary N) is 1. The molecule has 4 heterocycles. The van der Waals surface area contributed by atoms with Gasteiger partial charge in [-0.3, -0.25) is 9.58 Å². The molecule has 16 nitrogen and oxygen atoms in total. The minimum absolute atomic E-state index is 0.0110. The Morgan fingerprint density at radius 2 is 1.86 bits per heavy atom. The predicted octanol–water partition coefficient (Wildman–Crippen LogP) is 3.04. The number of morpholine rings is 1. The van der Waals surface area contributed by atoms with Crippen molar-refractivity contribution in [2.45, 2.75) is 64.3 Å². The molecule has 1 atom stereocenters. The highest BCUT2D eigenvalue weighted by molar-refractivity contribution is 7.91. The highest BCUT2D eigenvalue weighted by atomic mass is 32.2. The van der Waals surface area contributed by atoms with Crippen LogP contribution in [0.1, 0.15) is 51.1 Å². The summed E-state index contributed by atoms with van der Waals surface area (Å²) in [6, 6.07) is 8.22. The lowest BCUT2D eigenvalue weighted by Gasteiger charge is -2.38. The fourth-order valence-corrected chi connectivity index (χ4v) is 6.76. The second kappa shape index (κ2) is 15.7. The third kappa shape index (κ3) is 8.88. The second-order valence-corrected chi connectivity index (χ2v) is 14.7. The van der Waals surface area contributed by atoms with E-state index >= 15 is 0 Å². The van der Waals surface area contributed by atoms with Gasteiger partial charge in [0.25, 0.3) is 5.88 Å². The largest absolute Gasteiger partial charge is 0.487 e. The average Bonchev–Trinajstić information content (AvgIpc) is 3.79. The number of tetrazole rings is 1. The van der Waals surface area contributed by atoms with Gasteiger partial charge in [0.05, 0.1) is 43.3 Å². The van der Waals surface area contributed by atoms with Gasteiger partial charge in [-0.1, -0.05) is 13.0 Å². The summed E-state index contributed by atoms with van der Waals surface area (Å²) in [6.07, 6.45) is 10.5. The van der Waals surface area contributed by atoms with Crippen LogP contribution in [0.15, 0.2) is 43.1 Å². The van der Waals surface area contributed by atoms with Crippen LogP contribution in [0, 0.1) is 11.3 Å². The van der Waals surface area contributed by atoms with Gasteiger partial charge in [-0.25, -0.2) is 23.1 Å². The van der Waals surface area contributed by atoms with Gasteiger partial charge in [0.2, 0.25) is 5.95 Å². The van der Waals surface area contributed by atoms with E-state index in [0.29, 0.717) is 41.4 Å². The zero-order chi connectivity index (χ0) is 34.2. The van der Waals surface area contributed by atoms with Crippen molar-refractivity contribution < 1.29 is 22.6 Å². The van der Waals surface area contributed by atoms with Gasteiger partial charge in [-0.2, -0.15) is 5.26 Å². The summed E-state index contributed by atoms with van der Waals surface area (Å²) in [5, 5.41) is 28.8. The Bertz CT molecular complexity index is 1810. The molecular weight excluding hydrogens is 650 g/mol. The number of ether oxygens (including phenoxy) is 3. The van der Waals surface area contributed by atoms with E-state index in [2.05, 4.69) is 41.8 Å². The lowest BCUT2D eigenvalue weighted by molar-refractivity contribution is 0.00503. The molecule has 3 aromatic heterocycles. The molecular formula is C32H41N11O5S. The number of nitrogens with zero attached hydrogens (tertiary/aromatic N) is 10. The Morgan fingerprint density at radius 1 is 1.10 bits per heavy atom. The maximum Gasteiger partial charge on any atom is 0.256 e. The normalized spacial score (nSPS) is 19.2. The molecule has 260 valence electrons. The number of sulfone groups is 1. The van der Waals surface area contributed by atoms with Crippen LogP contribution >= 0.6 is 0 Å². The van der Waals surface area contributed by atoms with Crippen molar-refractivity contribution >= 4 is 21.5 Å². The van der Waals surface area contributed by atoms with E-state index in [-0.39, 0.29) is 30.3 Å². The van der Waals surface area contributed by atoms with Gasteiger partial charge in [-0.15, -0.1) is 10.2 Å². The number of aromatic nitrogens is 8. The SMILES string of the molecule is CCS(=O)(=O)CCOc1nn(C2CCC(N3CCOCC3)CC2)cc1Nc1ncc(-c2ccc(C#N)c(O[C@@H](C)Cn3cnnn3)c2)cn1. The van der Waals surface area contributed by atoms with Crippen LogP contribution in [0.3, 0.4) is 0 Å². The molecule has 0 spiro atoms. The maximum atomic E-state index is 12.1. The molecule has 1 aliphatic carbocycles. The number of hydrogen-bond acceptors (Lipinski definition) is 14. The Hall–Kier alpha value is -4.66. The maximum absolute atomic E-state index is 12.1. The zero-order valence-electron chi connectivity index (χ0n) is 27.7. The summed E-state index contributed by atoms with van der Waals surface area (Å²) in [5.41, 5.74) is 2.46. The lowest BCUT2D eigenvalue weighted by Crippen LogP contribution is -2.45. The molecule has 1 saturated heterocycles. The van der Waals surface area contributed by atoms with Gasteiger partial charge in [0.15, 0.2) is 9.84 Å². The number of rotatable bonds is 14. The first-order chi connectivity index (χ1) is 23.8.